The van der Waals surface area contributed by atoms with E-state index in [0.29, 0.717) is 0 Å². The average Bonchev–Trinajstić information content (AvgIpc) is 3.17. The van der Waals surface area contributed by atoms with Crippen molar-refractivity contribution in [1.29, 1.82) is 0 Å². The van der Waals surface area contributed by atoms with E-state index in [1.165, 1.54) is 0 Å². The molecule has 2 aliphatic rings. The molecule has 0 spiro atoms. The Morgan fingerprint density at radius 2 is 1.10 bits per heavy atom. The summed E-state index contributed by atoms with van der Waals surface area (Å²) >= 11 is 0. The zero-order valence-corrected chi connectivity index (χ0v) is 11.1. The summed E-state index contributed by atoms with van der Waals surface area (Å²) in [6.45, 7) is 0. The van der Waals surface area contributed by atoms with E-state index in [1.54, 1.807) is 0 Å². The number of hydrogen-bond donors (Lipinski definition) is 0. The molecule has 2 aliphatic carbocycles. The van der Waals surface area contributed by atoms with Gasteiger partial charge in [0.2, 0.25) is 0 Å². The Balaban J connectivity index is 1.75. The predicted octanol–water partition coefficient (Wildman–Crippen LogP) is 3.87. The van der Waals surface area contributed by atoms with Gasteiger partial charge in [0.05, 0.1) is 11.8 Å². The van der Waals surface area contributed by atoms with Crippen molar-refractivity contribution in [3.8, 4) is 23.7 Å². The van der Waals surface area contributed by atoms with Gasteiger partial charge in [-0.1, -0.05) is 78.4 Å². The molecule has 0 nitrogen and oxygen atoms in total. The normalized spacial score (nSPS) is 16.0. The summed E-state index contributed by atoms with van der Waals surface area (Å²) in [5.74, 6) is 13.4. The van der Waals surface area contributed by atoms with Crippen LogP contribution in [0.2, 0.25) is 0 Å². The van der Waals surface area contributed by atoms with Crippen molar-refractivity contribution in [1.82, 2.24) is 0 Å². The van der Waals surface area contributed by atoms with Crippen LogP contribution in [0.15, 0.2) is 72.9 Å². The van der Waals surface area contributed by atoms with Crippen LogP contribution >= 0.6 is 0 Å². The molecule has 0 heteroatoms. The van der Waals surface area contributed by atoms with Gasteiger partial charge in [0.15, 0.2) is 0 Å². The molecular weight excluding hydrogens is 240 g/mol. The summed E-state index contributed by atoms with van der Waals surface area (Å²) in [5.41, 5.74) is 2.03. The fourth-order valence-electron chi connectivity index (χ4n) is 2.06. The second-order valence-electron chi connectivity index (χ2n) is 4.71. The molecule has 0 saturated carbocycles. The minimum atomic E-state index is 0.249. The molecule has 0 bridgehead atoms. The Hall–Kier alpha value is -2.70. The van der Waals surface area contributed by atoms with E-state index in [-0.39, 0.29) is 11.8 Å². The molecule has 0 N–H and O–H groups in total. The summed E-state index contributed by atoms with van der Waals surface area (Å²) in [6.07, 6.45) is 16.5. The van der Waals surface area contributed by atoms with E-state index in [2.05, 4.69) is 48.0 Å². The van der Waals surface area contributed by atoms with E-state index < -0.39 is 0 Å². The molecule has 1 aromatic rings. The van der Waals surface area contributed by atoms with Crippen LogP contribution in [0, 0.1) is 35.5 Å². The first kappa shape index (κ1) is 12.3. The molecule has 0 aliphatic heterocycles. The lowest BCUT2D eigenvalue weighted by molar-refractivity contribution is 1.15. The Morgan fingerprint density at radius 1 is 0.650 bits per heavy atom. The van der Waals surface area contributed by atoms with Crippen molar-refractivity contribution < 1.29 is 0 Å². The van der Waals surface area contributed by atoms with Gasteiger partial charge in [-0.25, -0.2) is 0 Å². The van der Waals surface area contributed by atoms with Crippen LogP contribution in [0.5, 0.6) is 0 Å². The highest BCUT2D eigenvalue weighted by atomic mass is 14.0. The highest BCUT2D eigenvalue weighted by Gasteiger charge is 1.98. The Kier molecular flexibility index (Phi) is 3.68. The molecule has 0 atom stereocenters. The van der Waals surface area contributed by atoms with Gasteiger partial charge in [-0.3, -0.25) is 0 Å². The van der Waals surface area contributed by atoms with Crippen LogP contribution < -0.4 is 0 Å². The molecule has 0 saturated heterocycles. The maximum Gasteiger partial charge on any atom is 0.0573 e. The number of rotatable bonds is 0. The van der Waals surface area contributed by atoms with Crippen molar-refractivity contribution in [3.63, 3.8) is 0 Å². The molecule has 0 heterocycles. The Bertz CT molecular complexity index is 648. The highest BCUT2D eigenvalue weighted by molar-refractivity contribution is 5.45. The minimum Gasteiger partial charge on any atom is -0.0861 e. The molecule has 0 unspecified atom stereocenters. The van der Waals surface area contributed by atoms with Gasteiger partial charge in [0, 0.05) is 11.1 Å². The smallest absolute Gasteiger partial charge is 0.0573 e. The second-order valence-corrected chi connectivity index (χ2v) is 4.71. The van der Waals surface area contributed by atoms with E-state index in [0.717, 1.165) is 11.1 Å². The van der Waals surface area contributed by atoms with E-state index in [4.69, 9.17) is 0 Å². The lowest BCUT2D eigenvalue weighted by atomic mass is 10.1. The monoisotopic (exact) mass is 254 g/mol. The quantitative estimate of drug-likeness (QED) is 0.616. The summed E-state index contributed by atoms with van der Waals surface area (Å²) < 4.78 is 0. The van der Waals surface area contributed by atoms with Crippen LogP contribution in [0.25, 0.3) is 0 Å². The van der Waals surface area contributed by atoms with Crippen molar-refractivity contribution >= 4 is 0 Å². The van der Waals surface area contributed by atoms with Crippen LogP contribution in [-0.4, -0.2) is 0 Å². The largest absolute Gasteiger partial charge is 0.0861 e. The molecular formula is C20H14. The highest BCUT2D eigenvalue weighted by Crippen LogP contribution is 2.10. The SMILES string of the molecule is C(#CC1C=CC=C1)c1cccc(C#CC2C=CC=C2)c1. The summed E-state index contributed by atoms with van der Waals surface area (Å²) in [6, 6.07) is 8.10. The predicted molar refractivity (Wildman–Crippen MR) is 83.7 cm³/mol. The van der Waals surface area contributed by atoms with Gasteiger partial charge < -0.3 is 0 Å². The average molecular weight is 254 g/mol. The molecule has 3 rings (SSSR count). The number of hydrogen-bond acceptors (Lipinski definition) is 0. The molecule has 20 heavy (non-hydrogen) atoms. The van der Waals surface area contributed by atoms with E-state index in [1.807, 2.05) is 48.6 Å². The zero-order chi connectivity index (χ0) is 13.6. The second kappa shape index (κ2) is 5.96. The number of benzene rings is 1. The van der Waals surface area contributed by atoms with Gasteiger partial charge in [-0.2, -0.15) is 0 Å². The maximum atomic E-state index is 3.23. The van der Waals surface area contributed by atoms with Crippen molar-refractivity contribution in [2.75, 3.05) is 0 Å². The first-order chi connectivity index (χ1) is 9.90. The van der Waals surface area contributed by atoms with Crippen molar-refractivity contribution in [2.45, 2.75) is 0 Å². The topological polar surface area (TPSA) is 0 Å². The van der Waals surface area contributed by atoms with Crippen LogP contribution in [0.4, 0.5) is 0 Å². The lowest BCUT2D eigenvalue weighted by Crippen LogP contribution is -1.85. The molecule has 0 fully saturated rings. The maximum absolute atomic E-state index is 3.23. The minimum absolute atomic E-state index is 0.249. The van der Waals surface area contributed by atoms with Gasteiger partial charge in [0.25, 0.3) is 0 Å². The lowest BCUT2D eigenvalue weighted by Gasteiger charge is -1.95. The van der Waals surface area contributed by atoms with Crippen LogP contribution in [0.1, 0.15) is 11.1 Å². The van der Waals surface area contributed by atoms with Crippen molar-refractivity contribution in [3.05, 3.63) is 84.0 Å². The van der Waals surface area contributed by atoms with Crippen molar-refractivity contribution in [2.24, 2.45) is 11.8 Å². The standard InChI is InChI=1S/C20H14/c1-2-7-17(6-1)12-14-19-10-5-11-20(16-19)15-13-18-8-3-4-9-18/h1-11,16-18H. The Labute approximate surface area is 120 Å². The summed E-state index contributed by atoms with van der Waals surface area (Å²) in [7, 11) is 0. The van der Waals surface area contributed by atoms with E-state index in [9.17, 15) is 0 Å². The summed E-state index contributed by atoms with van der Waals surface area (Å²) in [4.78, 5) is 0. The fraction of sp³-hybridized carbons (Fsp3) is 0.100. The molecule has 0 radical (unpaired) electrons. The molecule has 0 amide bonds. The molecule has 94 valence electrons. The van der Waals surface area contributed by atoms with Gasteiger partial charge in [0.1, 0.15) is 0 Å². The Morgan fingerprint density at radius 3 is 1.55 bits per heavy atom. The molecule has 0 aromatic heterocycles. The van der Waals surface area contributed by atoms with Crippen LogP contribution in [-0.2, 0) is 0 Å². The third kappa shape index (κ3) is 3.19. The fourth-order valence-corrected chi connectivity index (χ4v) is 2.06. The molecule has 1 aromatic carbocycles. The van der Waals surface area contributed by atoms with Gasteiger partial charge in [-0.05, 0) is 18.2 Å². The third-order valence-corrected chi connectivity index (χ3v) is 3.12. The van der Waals surface area contributed by atoms with E-state index >= 15 is 0 Å². The zero-order valence-electron chi connectivity index (χ0n) is 11.1. The third-order valence-electron chi connectivity index (χ3n) is 3.12. The van der Waals surface area contributed by atoms with Gasteiger partial charge >= 0.3 is 0 Å². The van der Waals surface area contributed by atoms with Crippen LogP contribution in [0.3, 0.4) is 0 Å². The summed E-state index contributed by atoms with van der Waals surface area (Å²) in [5, 5.41) is 0. The first-order valence-electron chi connectivity index (χ1n) is 6.73. The number of allylic oxidation sites excluding steroid dienone is 8. The van der Waals surface area contributed by atoms with Gasteiger partial charge in [-0.15, -0.1) is 0 Å². The first-order valence-corrected chi connectivity index (χ1v) is 6.73.